The van der Waals surface area contributed by atoms with E-state index < -0.39 is 6.10 Å². The van der Waals surface area contributed by atoms with Gasteiger partial charge in [0.1, 0.15) is 11.3 Å². The molecule has 0 saturated heterocycles. The summed E-state index contributed by atoms with van der Waals surface area (Å²) < 4.78 is 10.9. The Kier molecular flexibility index (Phi) is 4.26. The van der Waals surface area contributed by atoms with E-state index in [-0.39, 0.29) is 11.5 Å². The number of carbonyl (C=O) groups is 1. The SMILES string of the molecule is Cc1c(C)c2ccc(OC(C)C(=O)Nc3cnn(C)n3)cc2oc1=O. The smallest absolute Gasteiger partial charge is 0.339 e. The molecule has 0 spiro atoms. The number of aromatic nitrogens is 3. The summed E-state index contributed by atoms with van der Waals surface area (Å²) in [6.07, 6.45) is 0.679. The van der Waals surface area contributed by atoms with Crippen molar-refractivity contribution in [1.82, 2.24) is 15.0 Å². The lowest BCUT2D eigenvalue weighted by molar-refractivity contribution is -0.122. The molecule has 25 heavy (non-hydrogen) atoms. The van der Waals surface area contributed by atoms with Crippen molar-refractivity contribution in [2.24, 2.45) is 7.05 Å². The first kappa shape index (κ1) is 16.7. The first-order valence-corrected chi connectivity index (χ1v) is 7.73. The zero-order valence-electron chi connectivity index (χ0n) is 14.4. The van der Waals surface area contributed by atoms with Crippen LogP contribution in [-0.2, 0) is 11.8 Å². The van der Waals surface area contributed by atoms with Crippen LogP contribution in [0.4, 0.5) is 5.82 Å². The lowest BCUT2D eigenvalue weighted by Gasteiger charge is -2.14. The molecule has 0 aliphatic heterocycles. The Morgan fingerprint density at radius 3 is 2.76 bits per heavy atom. The van der Waals surface area contributed by atoms with E-state index in [1.54, 1.807) is 33.0 Å². The summed E-state index contributed by atoms with van der Waals surface area (Å²) in [7, 11) is 1.65. The van der Waals surface area contributed by atoms with Gasteiger partial charge in [0.15, 0.2) is 11.9 Å². The van der Waals surface area contributed by atoms with E-state index in [0.717, 1.165) is 10.9 Å². The molecular weight excluding hydrogens is 324 g/mol. The highest BCUT2D eigenvalue weighted by Gasteiger charge is 2.17. The number of amides is 1. The fraction of sp³-hybridized carbons (Fsp3) is 0.294. The summed E-state index contributed by atoms with van der Waals surface area (Å²) >= 11 is 0. The lowest BCUT2D eigenvalue weighted by Crippen LogP contribution is -2.30. The summed E-state index contributed by atoms with van der Waals surface area (Å²) in [5.74, 6) is 0.418. The number of nitrogens with one attached hydrogen (secondary N) is 1. The van der Waals surface area contributed by atoms with Crippen LogP contribution in [0.15, 0.2) is 33.6 Å². The Morgan fingerprint density at radius 1 is 1.32 bits per heavy atom. The number of hydrogen-bond acceptors (Lipinski definition) is 6. The van der Waals surface area contributed by atoms with Crippen LogP contribution in [0.3, 0.4) is 0 Å². The highest BCUT2D eigenvalue weighted by molar-refractivity contribution is 5.93. The van der Waals surface area contributed by atoms with Crippen LogP contribution >= 0.6 is 0 Å². The van der Waals surface area contributed by atoms with Crippen molar-refractivity contribution in [3.05, 3.63) is 45.9 Å². The third kappa shape index (κ3) is 3.37. The summed E-state index contributed by atoms with van der Waals surface area (Å²) in [6, 6.07) is 5.15. The molecule has 1 atom stereocenters. The number of rotatable bonds is 4. The molecule has 0 radical (unpaired) electrons. The van der Waals surface area contributed by atoms with Gasteiger partial charge in [-0.25, -0.2) is 4.79 Å². The van der Waals surface area contributed by atoms with E-state index in [9.17, 15) is 9.59 Å². The Labute approximate surface area is 143 Å². The largest absolute Gasteiger partial charge is 0.481 e. The van der Waals surface area contributed by atoms with Crippen molar-refractivity contribution in [2.45, 2.75) is 26.9 Å². The Bertz CT molecular complexity index is 1010. The van der Waals surface area contributed by atoms with E-state index in [4.69, 9.17) is 9.15 Å². The molecule has 0 fully saturated rings. The number of benzene rings is 1. The minimum absolute atomic E-state index is 0.346. The maximum atomic E-state index is 12.2. The van der Waals surface area contributed by atoms with E-state index in [2.05, 4.69) is 15.5 Å². The van der Waals surface area contributed by atoms with Crippen LogP contribution < -0.4 is 15.7 Å². The highest BCUT2D eigenvalue weighted by atomic mass is 16.5. The molecule has 3 aromatic rings. The Hall–Kier alpha value is -3.16. The third-order valence-electron chi connectivity index (χ3n) is 3.96. The molecule has 2 aromatic heterocycles. The highest BCUT2D eigenvalue weighted by Crippen LogP contribution is 2.24. The van der Waals surface area contributed by atoms with Crippen molar-refractivity contribution >= 4 is 22.7 Å². The van der Waals surface area contributed by atoms with Gasteiger partial charge in [0.2, 0.25) is 0 Å². The van der Waals surface area contributed by atoms with Crippen molar-refractivity contribution in [2.75, 3.05) is 5.32 Å². The number of anilines is 1. The van der Waals surface area contributed by atoms with E-state index in [0.29, 0.717) is 22.7 Å². The second-order valence-electron chi connectivity index (χ2n) is 5.77. The molecule has 3 rings (SSSR count). The fourth-order valence-electron chi connectivity index (χ4n) is 2.39. The van der Waals surface area contributed by atoms with Crippen LogP contribution in [0.25, 0.3) is 11.0 Å². The summed E-state index contributed by atoms with van der Waals surface area (Å²) in [5.41, 5.74) is 1.49. The Morgan fingerprint density at radius 2 is 2.08 bits per heavy atom. The molecular formula is C17H18N4O4. The van der Waals surface area contributed by atoms with Gasteiger partial charge >= 0.3 is 5.63 Å². The summed E-state index contributed by atoms with van der Waals surface area (Å²) in [4.78, 5) is 25.3. The van der Waals surface area contributed by atoms with Gasteiger partial charge in [0.05, 0.1) is 6.20 Å². The second-order valence-corrected chi connectivity index (χ2v) is 5.77. The van der Waals surface area contributed by atoms with Gasteiger partial charge < -0.3 is 14.5 Å². The van der Waals surface area contributed by atoms with Crippen LogP contribution in [0.5, 0.6) is 5.75 Å². The zero-order valence-corrected chi connectivity index (χ0v) is 14.4. The maximum absolute atomic E-state index is 12.2. The molecule has 8 heteroatoms. The fourth-order valence-corrected chi connectivity index (χ4v) is 2.39. The molecule has 0 bridgehead atoms. The predicted molar refractivity (Wildman–Crippen MR) is 91.7 cm³/mol. The molecule has 2 heterocycles. The number of carbonyl (C=O) groups excluding carboxylic acids is 1. The molecule has 1 amide bonds. The van der Waals surface area contributed by atoms with Crippen LogP contribution in [0.2, 0.25) is 0 Å². The first-order chi connectivity index (χ1) is 11.8. The minimum atomic E-state index is -0.766. The van der Waals surface area contributed by atoms with Crippen LogP contribution in [0, 0.1) is 13.8 Å². The van der Waals surface area contributed by atoms with Crippen LogP contribution in [0.1, 0.15) is 18.1 Å². The molecule has 0 saturated carbocycles. The van der Waals surface area contributed by atoms with Crippen molar-refractivity contribution in [3.63, 3.8) is 0 Å². The van der Waals surface area contributed by atoms with Gasteiger partial charge in [-0.2, -0.15) is 9.90 Å². The molecule has 1 N–H and O–H groups in total. The Balaban J connectivity index is 1.79. The number of aryl methyl sites for hydroxylation is 2. The van der Waals surface area contributed by atoms with Gasteiger partial charge in [0.25, 0.3) is 5.91 Å². The van der Waals surface area contributed by atoms with Gasteiger partial charge in [-0.05, 0) is 38.5 Å². The average molecular weight is 342 g/mol. The molecule has 1 aromatic carbocycles. The monoisotopic (exact) mass is 342 g/mol. The van der Waals surface area contributed by atoms with E-state index in [1.807, 2.05) is 13.0 Å². The van der Waals surface area contributed by atoms with Gasteiger partial charge in [0, 0.05) is 24.1 Å². The summed E-state index contributed by atoms with van der Waals surface area (Å²) in [5, 5.41) is 11.3. The van der Waals surface area contributed by atoms with E-state index in [1.165, 1.54) is 11.0 Å². The third-order valence-corrected chi connectivity index (χ3v) is 3.96. The van der Waals surface area contributed by atoms with Gasteiger partial charge in [-0.1, -0.05) is 0 Å². The maximum Gasteiger partial charge on any atom is 0.339 e. The average Bonchev–Trinajstić information content (AvgIpc) is 2.97. The van der Waals surface area contributed by atoms with Crippen molar-refractivity contribution in [1.29, 1.82) is 0 Å². The number of hydrogen-bond donors (Lipinski definition) is 1. The first-order valence-electron chi connectivity index (χ1n) is 7.73. The minimum Gasteiger partial charge on any atom is -0.481 e. The number of ether oxygens (including phenoxy) is 1. The van der Waals surface area contributed by atoms with Crippen molar-refractivity contribution in [3.8, 4) is 5.75 Å². The number of fused-ring (bicyclic) bond motifs is 1. The second kappa shape index (κ2) is 6.39. The lowest BCUT2D eigenvalue weighted by atomic mass is 10.1. The molecule has 130 valence electrons. The molecule has 0 aliphatic carbocycles. The van der Waals surface area contributed by atoms with Gasteiger partial charge in [-0.15, -0.1) is 5.10 Å². The molecule has 1 unspecified atom stereocenters. The number of nitrogens with zero attached hydrogens (tertiary/aromatic N) is 3. The molecule has 8 nitrogen and oxygen atoms in total. The normalized spacial score (nSPS) is 12.2. The molecule has 0 aliphatic rings. The zero-order chi connectivity index (χ0) is 18.1. The van der Waals surface area contributed by atoms with Gasteiger partial charge in [-0.3, -0.25) is 4.79 Å². The van der Waals surface area contributed by atoms with E-state index >= 15 is 0 Å². The quantitative estimate of drug-likeness (QED) is 0.728. The van der Waals surface area contributed by atoms with Crippen molar-refractivity contribution < 1.29 is 13.9 Å². The topological polar surface area (TPSA) is 99.2 Å². The predicted octanol–water partition coefficient (Wildman–Crippen LogP) is 1.94. The summed E-state index contributed by atoms with van der Waals surface area (Å²) in [6.45, 7) is 5.21. The van der Waals surface area contributed by atoms with Crippen LogP contribution in [-0.4, -0.2) is 27.0 Å². The standard InChI is InChI=1S/C17H18N4O4/c1-9-10(2)17(23)25-14-7-12(5-6-13(9)14)24-11(3)16(22)19-15-8-18-21(4)20-15/h5-8,11H,1-4H3,(H,19,20,22).